The first kappa shape index (κ1) is 15.5. The number of hydrogen-bond acceptors (Lipinski definition) is 2. The third-order valence-electron chi connectivity index (χ3n) is 3.22. The zero-order valence-corrected chi connectivity index (χ0v) is 12.2. The lowest BCUT2D eigenvalue weighted by atomic mass is 10.0. The molecule has 2 unspecified atom stereocenters. The van der Waals surface area contributed by atoms with E-state index < -0.39 is 5.79 Å². The maximum Gasteiger partial charge on any atom is 0.163 e. The van der Waals surface area contributed by atoms with Gasteiger partial charge in [0, 0.05) is 6.42 Å². The Balaban J connectivity index is 2.42. The van der Waals surface area contributed by atoms with E-state index in [1.807, 2.05) is 19.9 Å². The fourth-order valence-electron chi connectivity index (χ4n) is 2.44. The van der Waals surface area contributed by atoms with Crippen molar-refractivity contribution in [3.8, 4) is 0 Å². The average Bonchev–Trinajstić information content (AvgIpc) is 2.30. The minimum absolute atomic E-state index is 0.155. The Labute approximate surface area is 112 Å². The monoisotopic (exact) mass is 252 g/mol. The molecule has 0 bridgehead atoms. The van der Waals surface area contributed by atoms with Gasteiger partial charge in [0.2, 0.25) is 0 Å². The van der Waals surface area contributed by atoms with E-state index in [9.17, 15) is 0 Å². The van der Waals surface area contributed by atoms with Gasteiger partial charge in [-0.15, -0.1) is 0 Å². The van der Waals surface area contributed by atoms with Gasteiger partial charge >= 0.3 is 0 Å². The van der Waals surface area contributed by atoms with Crippen LogP contribution in [0.3, 0.4) is 0 Å². The van der Waals surface area contributed by atoms with E-state index in [1.54, 1.807) is 6.08 Å². The lowest BCUT2D eigenvalue weighted by Crippen LogP contribution is -2.43. The van der Waals surface area contributed by atoms with Crippen molar-refractivity contribution in [2.75, 3.05) is 0 Å². The van der Waals surface area contributed by atoms with Crippen LogP contribution in [0.1, 0.15) is 59.3 Å². The summed E-state index contributed by atoms with van der Waals surface area (Å²) < 4.78 is 11.9. The Bertz CT molecular complexity index is 268. The van der Waals surface area contributed by atoms with Crippen molar-refractivity contribution < 1.29 is 9.47 Å². The average molecular weight is 252 g/mol. The lowest BCUT2D eigenvalue weighted by Gasteiger charge is -2.40. The van der Waals surface area contributed by atoms with Crippen LogP contribution in [0.15, 0.2) is 24.8 Å². The number of hydrogen-bond donors (Lipinski definition) is 0. The molecule has 1 aliphatic heterocycles. The molecule has 104 valence electrons. The first-order chi connectivity index (χ1) is 8.57. The molecule has 0 aliphatic carbocycles. The minimum atomic E-state index is -0.468. The number of ether oxygens (including phenoxy) is 2. The summed E-state index contributed by atoms with van der Waals surface area (Å²) in [6.07, 6.45) is 13.6. The summed E-state index contributed by atoms with van der Waals surface area (Å²) >= 11 is 0. The van der Waals surface area contributed by atoms with Crippen LogP contribution in [0.2, 0.25) is 0 Å². The molecular formula is C16H28O2. The summed E-state index contributed by atoms with van der Waals surface area (Å²) in [6, 6.07) is 0. The van der Waals surface area contributed by atoms with E-state index in [0.29, 0.717) is 6.10 Å². The Morgan fingerprint density at radius 2 is 2.00 bits per heavy atom. The van der Waals surface area contributed by atoms with Gasteiger partial charge in [-0.25, -0.2) is 0 Å². The quantitative estimate of drug-likeness (QED) is 0.486. The lowest BCUT2D eigenvalue weighted by molar-refractivity contribution is -0.291. The highest BCUT2D eigenvalue weighted by Crippen LogP contribution is 2.29. The third-order valence-corrected chi connectivity index (χ3v) is 3.22. The maximum atomic E-state index is 5.98. The van der Waals surface area contributed by atoms with Gasteiger partial charge in [0.25, 0.3) is 0 Å². The van der Waals surface area contributed by atoms with Crippen LogP contribution in [-0.4, -0.2) is 18.0 Å². The second kappa shape index (κ2) is 7.75. The zero-order chi connectivity index (χ0) is 13.4. The molecule has 0 aromatic heterocycles. The van der Waals surface area contributed by atoms with Crippen LogP contribution in [-0.2, 0) is 9.47 Å². The van der Waals surface area contributed by atoms with Crippen molar-refractivity contribution in [2.24, 2.45) is 0 Å². The van der Waals surface area contributed by atoms with E-state index in [1.165, 1.54) is 25.7 Å². The fraction of sp³-hybridized carbons (Fsp3) is 0.750. The van der Waals surface area contributed by atoms with Crippen LogP contribution in [0, 0.1) is 0 Å². The Kier molecular flexibility index (Phi) is 6.66. The predicted molar refractivity (Wildman–Crippen MR) is 76.5 cm³/mol. The van der Waals surface area contributed by atoms with Gasteiger partial charge in [0.1, 0.15) is 0 Å². The van der Waals surface area contributed by atoms with E-state index in [4.69, 9.17) is 9.47 Å². The highest BCUT2D eigenvalue weighted by Gasteiger charge is 2.33. The molecule has 0 spiro atoms. The topological polar surface area (TPSA) is 18.5 Å². The Hall–Kier alpha value is -0.600. The third kappa shape index (κ3) is 5.83. The van der Waals surface area contributed by atoms with Crippen LogP contribution in [0.25, 0.3) is 0 Å². The molecule has 0 aromatic carbocycles. The van der Waals surface area contributed by atoms with Gasteiger partial charge < -0.3 is 9.47 Å². The smallest absolute Gasteiger partial charge is 0.163 e. The summed E-state index contributed by atoms with van der Waals surface area (Å²) in [5.41, 5.74) is 0. The first-order valence-electron chi connectivity index (χ1n) is 7.22. The van der Waals surface area contributed by atoms with Gasteiger partial charge in [0.05, 0.1) is 12.2 Å². The minimum Gasteiger partial charge on any atom is -0.347 e. The second-order valence-electron chi connectivity index (χ2n) is 5.50. The summed E-state index contributed by atoms with van der Waals surface area (Å²) in [5.74, 6) is -0.468. The second-order valence-corrected chi connectivity index (χ2v) is 5.50. The fourth-order valence-corrected chi connectivity index (χ4v) is 2.44. The molecule has 0 aromatic rings. The summed E-state index contributed by atoms with van der Waals surface area (Å²) in [4.78, 5) is 0. The molecular weight excluding hydrogens is 224 g/mol. The van der Waals surface area contributed by atoms with E-state index in [0.717, 1.165) is 12.8 Å². The van der Waals surface area contributed by atoms with Crippen molar-refractivity contribution in [1.29, 1.82) is 0 Å². The van der Waals surface area contributed by atoms with E-state index >= 15 is 0 Å². The van der Waals surface area contributed by atoms with Gasteiger partial charge in [-0.2, -0.15) is 0 Å². The molecule has 0 radical (unpaired) electrons. The molecule has 0 amide bonds. The summed E-state index contributed by atoms with van der Waals surface area (Å²) in [5, 5.41) is 0. The number of unbranched alkanes of at least 4 members (excludes halogenated alkanes) is 3. The Morgan fingerprint density at radius 1 is 1.22 bits per heavy atom. The van der Waals surface area contributed by atoms with Crippen LogP contribution < -0.4 is 0 Å². The highest BCUT2D eigenvalue weighted by atomic mass is 16.7. The molecule has 2 heteroatoms. The van der Waals surface area contributed by atoms with Crippen molar-refractivity contribution >= 4 is 0 Å². The van der Waals surface area contributed by atoms with Crippen LogP contribution in [0.5, 0.6) is 0 Å². The Morgan fingerprint density at radius 3 is 2.67 bits per heavy atom. The molecule has 1 fully saturated rings. The van der Waals surface area contributed by atoms with Crippen LogP contribution >= 0.6 is 0 Å². The normalized spacial score (nSPS) is 27.5. The van der Waals surface area contributed by atoms with Crippen molar-refractivity contribution in [3.63, 3.8) is 0 Å². The molecule has 1 aliphatic rings. The molecule has 18 heavy (non-hydrogen) atoms. The maximum absolute atomic E-state index is 5.98. The first-order valence-corrected chi connectivity index (χ1v) is 7.22. The van der Waals surface area contributed by atoms with Gasteiger partial charge in [0.15, 0.2) is 5.79 Å². The number of rotatable bonds is 7. The van der Waals surface area contributed by atoms with Gasteiger partial charge in [-0.3, -0.25) is 0 Å². The van der Waals surface area contributed by atoms with Crippen LogP contribution in [0.4, 0.5) is 0 Å². The zero-order valence-electron chi connectivity index (χ0n) is 12.2. The summed E-state index contributed by atoms with van der Waals surface area (Å²) in [7, 11) is 0. The van der Waals surface area contributed by atoms with Crippen molar-refractivity contribution in [1.82, 2.24) is 0 Å². The van der Waals surface area contributed by atoms with E-state index in [-0.39, 0.29) is 6.10 Å². The molecule has 1 heterocycles. The molecule has 2 nitrogen and oxygen atoms in total. The van der Waals surface area contributed by atoms with Crippen molar-refractivity contribution in [2.45, 2.75) is 77.3 Å². The SMILES string of the molecule is C=C/C=C/C1CC(CCCCCC)OC(C)(C)O1. The highest BCUT2D eigenvalue weighted by molar-refractivity contribution is 5.02. The van der Waals surface area contributed by atoms with Crippen molar-refractivity contribution in [3.05, 3.63) is 24.8 Å². The molecule has 0 N–H and O–H groups in total. The largest absolute Gasteiger partial charge is 0.347 e. The molecule has 1 rings (SSSR count). The molecule has 1 saturated heterocycles. The molecule has 0 saturated carbocycles. The van der Waals surface area contributed by atoms with E-state index in [2.05, 4.69) is 19.6 Å². The van der Waals surface area contributed by atoms with Gasteiger partial charge in [-0.05, 0) is 20.3 Å². The predicted octanol–water partition coefficient (Wildman–Crippen LogP) is 4.61. The van der Waals surface area contributed by atoms with Gasteiger partial charge in [-0.1, -0.05) is 57.4 Å². The molecule has 2 atom stereocenters. The number of allylic oxidation sites excluding steroid dienone is 2. The summed E-state index contributed by atoms with van der Waals surface area (Å²) in [6.45, 7) is 9.94. The standard InChI is InChI=1S/C16H28O2/c1-5-7-9-10-12-15-13-14(11-8-6-2)17-16(3,4)18-15/h6,8,11,14-15H,2,5,7,9-10,12-13H2,1,3-4H3/b11-8+.